The first-order valence-electron chi connectivity index (χ1n) is 12.9. The summed E-state index contributed by atoms with van der Waals surface area (Å²) in [5.74, 6) is -1.12. The number of aliphatic imine (C=N–C) groups is 1. The van der Waals surface area contributed by atoms with Crippen molar-refractivity contribution in [1.82, 2.24) is 15.1 Å². The highest BCUT2D eigenvalue weighted by molar-refractivity contribution is 6.10. The summed E-state index contributed by atoms with van der Waals surface area (Å²) in [7, 11) is 1.30. The second kappa shape index (κ2) is 12.8. The topological polar surface area (TPSA) is 120 Å². The highest BCUT2D eigenvalue weighted by Gasteiger charge is 2.30. The molecule has 3 amide bonds. The van der Waals surface area contributed by atoms with Gasteiger partial charge in [-0.2, -0.15) is 0 Å². The molecule has 0 aromatic heterocycles. The van der Waals surface area contributed by atoms with E-state index in [-0.39, 0.29) is 24.3 Å². The first-order chi connectivity index (χ1) is 18.4. The van der Waals surface area contributed by atoms with Crippen LogP contribution in [0.3, 0.4) is 0 Å². The third-order valence-electron chi connectivity index (χ3n) is 6.64. The Morgan fingerprint density at radius 2 is 1.66 bits per heavy atom. The molecule has 1 unspecified atom stereocenters. The van der Waals surface area contributed by atoms with Crippen LogP contribution < -0.4 is 10.6 Å². The number of hydrogen-bond acceptors (Lipinski definition) is 6. The van der Waals surface area contributed by atoms with E-state index in [1.165, 1.54) is 7.11 Å². The van der Waals surface area contributed by atoms with E-state index >= 15 is 0 Å². The minimum Gasteiger partial charge on any atom is -0.465 e. The molecule has 38 heavy (non-hydrogen) atoms. The number of guanidine groups is 1. The van der Waals surface area contributed by atoms with Gasteiger partial charge in [-0.05, 0) is 62.4 Å². The Morgan fingerprint density at radius 3 is 2.39 bits per heavy atom. The highest BCUT2D eigenvalue weighted by Crippen LogP contribution is 2.18. The Bertz CT molecular complexity index is 1190. The van der Waals surface area contributed by atoms with E-state index in [2.05, 4.69) is 15.6 Å². The molecule has 2 fully saturated rings. The van der Waals surface area contributed by atoms with Crippen LogP contribution in [0.25, 0.3) is 0 Å². The van der Waals surface area contributed by atoms with Crippen LogP contribution in [0.4, 0.5) is 5.69 Å². The molecule has 1 atom stereocenters. The largest absolute Gasteiger partial charge is 0.465 e. The lowest BCUT2D eigenvalue weighted by molar-refractivity contribution is -0.140. The average Bonchev–Trinajstić information content (AvgIpc) is 3.43. The number of likely N-dealkylation sites (tertiary alicyclic amines) is 2. The number of nitrogens with one attached hydrogen (secondary N) is 2. The number of benzene rings is 2. The van der Waals surface area contributed by atoms with Gasteiger partial charge in [0, 0.05) is 30.9 Å². The summed E-state index contributed by atoms with van der Waals surface area (Å²) in [5, 5.41) is 5.82. The predicted molar refractivity (Wildman–Crippen MR) is 143 cm³/mol. The van der Waals surface area contributed by atoms with Crippen LogP contribution in [-0.4, -0.2) is 78.8 Å². The molecular weight excluding hydrogens is 486 g/mol. The molecule has 0 spiro atoms. The standard InChI is InChI=1S/C28H33N5O5/c1-38-27(37)21-12-9-13-22(18-21)29-28(31-25(35)20-10-3-2-4-11-20)30-23-14-5-6-17-33(26(23)36)19-24(34)32-15-7-8-16-32/h2-4,9-13,18,23H,5-8,14-17,19H2,1H3,(H2,29,30,31,35). The molecule has 2 aromatic rings. The molecule has 2 saturated heterocycles. The maximum absolute atomic E-state index is 13.5. The third-order valence-corrected chi connectivity index (χ3v) is 6.64. The maximum atomic E-state index is 13.5. The van der Waals surface area contributed by atoms with Crippen molar-refractivity contribution in [1.29, 1.82) is 0 Å². The van der Waals surface area contributed by atoms with E-state index in [9.17, 15) is 19.2 Å². The molecular formula is C28H33N5O5. The quantitative estimate of drug-likeness (QED) is 0.344. The van der Waals surface area contributed by atoms with Gasteiger partial charge in [0.1, 0.15) is 6.04 Å². The van der Waals surface area contributed by atoms with E-state index in [4.69, 9.17) is 4.74 Å². The molecule has 2 aliphatic heterocycles. The molecule has 4 rings (SSSR count). The Morgan fingerprint density at radius 1 is 0.947 bits per heavy atom. The highest BCUT2D eigenvalue weighted by atomic mass is 16.5. The second-order valence-electron chi connectivity index (χ2n) is 9.35. The van der Waals surface area contributed by atoms with Crippen molar-refractivity contribution in [3.05, 3.63) is 65.7 Å². The zero-order valence-electron chi connectivity index (χ0n) is 21.5. The second-order valence-corrected chi connectivity index (χ2v) is 9.35. The van der Waals surface area contributed by atoms with Crippen LogP contribution in [0, 0.1) is 0 Å². The normalized spacial score (nSPS) is 18.1. The number of hydrogen-bond donors (Lipinski definition) is 2. The van der Waals surface area contributed by atoms with Crippen LogP contribution >= 0.6 is 0 Å². The van der Waals surface area contributed by atoms with Crippen molar-refractivity contribution >= 4 is 35.3 Å². The molecule has 10 heteroatoms. The van der Waals surface area contributed by atoms with Gasteiger partial charge in [0.2, 0.25) is 17.8 Å². The molecule has 0 aliphatic carbocycles. The number of amides is 3. The number of esters is 1. The van der Waals surface area contributed by atoms with E-state index in [1.807, 2.05) is 6.07 Å². The van der Waals surface area contributed by atoms with Crippen molar-refractivity contribution in [3.63, 3.8) is 0 Å². The van der Waals surface area contributed by atoms with Crippen LogP contribution in [0.5, 0.6) is 0 Å². The van der Waals surface area contributed by atoms with Gasteiger partial charge in [0.05, 0.1) is 19.2 Å². The summed E-state index contributed by atoms with van der Waals surface area (Å²) in [5.41, 5.74) is 1.24. The molecule has 2 aliphatic rings. The number of anilines is 1. The van der Waals surface area contributed by atoms with Crippen LogP contribution in [0.1, 0.15) is 52.8 Å². The van der Waals surface area contributed by atoms with Gasteiger partial charge in [-0.25, -0.2) is 9.79 Å². The number of nitrogens with zero attached hydrogens (tertiary/aromatic N) is 3. The maximum Gasteiger partial charge on any atom is 0.337 e. The fraction of sp³-hybridized carbons (Fsp3) is 0.393. The minimum absolute atomic E-state index is 0.0329. The van der Waals surface area contributed by atoms with Gasteiger partial charge in [-0.3, -0.25) is 19.7 Å². The Kier molecular flexibility index (Phi) is 9.07. The fourth-order valence-electron chi connectivity index (χ4n) is 4.59. The average molecular weight is 520 g/mol. The third kappa shape index (κ3) is 6.96. The van der Waals surface area contributed by atoms with Gasteiger partial charge < -0.3 is 19.9 Å². The van der Waals surface area contributed by atoms with Gasteiger partial charge in [0.25, 0.3) is 5.91 Å². The lowest BCUT2D eigenvalue weighted by Crippen LogP contribution is -2.45. The molecule has 2 aromatic carbocycles. The molecule has 0 saturated carbocycles. The monoisotopic (exact) mass is 519 g/mol. The zero-order chi connectivity index (χ0) is 26.9. The molecule has 0 radical (unpaired) electrons. The smallest absolute Gasteiger partial charge is 0.337 e. The Balaban J connectivity index is 1.57. The van der Waals surface area contributed by atoms with E-state index in [0.29, 0.717) is 29.8 Å². The number of carbonyl (C=O) groups excluding carboxylic acids is 4. The summed E-state index contributed by atoms with van der Waals surface area (Å²) in [4.78, 5) is 59.2. The molecule has 2 N–H and O–H groups in total. The summed E-state index contributed by atoms with van der Waals surface area (Å²) >= 11 is 0. The van der Waals surface area contributed by atoms with Crippen molar-refractivity contribution in [2.45, 2.75) is 38.1 Å². The summed E-state index contributed by atoms with van der Waals surface area (Å²) < 4.78 is 4.80. The van der Waals surface area contributed by atoms with E-state index in [1.54, 1.807) is 58.3 Å². The van der Waals surface area contributed by atoms with Crippen molar-refractivity contribution in [2.75, 3.05) is 38.6 Å². The van der Waals surface area contributed by atoms with Crippen LogP contribution in [-0.2, 0) is 14.3 Å². The van der Waals surface area contributed by atoms with Gasteiger partial charge in [-0.15, -0.1) is 0 Å². The molecule has 2 heterocycles. The Hall–Kier alpha value is -4.21. The van der Waals surface area contributed by atoms with Gasteiger partial charge >= 0.3 is 5.97 Å². The van der Waals surface area contributed by atoms with E-state index in [0.717, 1.165) is 38.8 Å². The van der Waals surface area contributed by atoms with Gasteiger partial charge in [0.15, 0.2) is 0 Å². The SMILES string of the molecule is COC(=O)c1cccc(NC(=NC2CCCCN(CC(=O)N3CCCC3)C2=O)NC(=O)c2ccccc2)c1. The number of methoxy groups -OCH3 is 1. The number of rotatable bonds is 6. The molecule has 10 nitrogen and oxygen atoms in total. The lowest BCUT2D eigenvalue weighted by atomic mass is 10.1. The molecule has 0 bridgehead atoms. The summed E-state index contributed by atoms with van der Waals surface area (Å²) in [6, 6.07) is 14.5. The number of carbonyl (C=O) groups is 4. The summed E-state index contributed by atoms with van der Waals surface area (Å²) in [6.07, 6.45) is 3.99. The summed E-state index contributed by atoms with van der Waals surface area (Å²) in [6.45, 7) is 1.98. The van der Waals surface area contributed by atoms with Crippen LogP contribution in [0.15, 0.2) is 59.6 Å². The fourth-order valence-corrected chi connectivity index (χ4v) is 4.59. The van der Waals surface area contributed by atoms with Crippen molar-refractivity contribution in [2.24, 2.45) is 4.99 Å². The number of ether oxygens (including phenoxy) is 1. The van der Waals surface area contributed by atoms with Crippen molar-refractivity contribution < 1.29 is 23.9 Å². The minimum atomic E-state index is -0.772. The van der Waals surface area contributed by atoms with Crippen LogP contribution in [0.2, 0.25) is 0 Å². The first kappa shape index (κ1) is 26.8. The first-order valence-corrected chi connectivity index (χ1v) is 12.9. The molecule has 200 valence electrons. The van der Waals surface area contributed by atoms with Gasteiger partial charge in [-0.1, -0.05) is 24.3 Å². The Labute approximate surface area is 222 Å². The van der Waals surface area contributed by atoms with E-state index < -0.39 is 17.9 Å². The lowest BCUT2D eigenvalue weighted by Gasteiger charge is -2.25. The predicted octanol–water partition coefficient (Wildman–Crippen LogP) is 2.67. The zero-order valence-corrected chi connectivity index (χ0v) is 21.5. The van der Waals surface area contributed by atoms with Crippen molar-refractivity contribution in [3.8, 4) is 0 Å².